The van der Waals surface area contributed by atoms with Gasteiger partial charge in [-0.1, -0.05) is 145 Å². The van der Waals surface area contributed by atoms with Crippen LogP contribution in [0.3, 0.4) is 0 Å². The molecular weight excluding hydrogens is 745 g/mol. The number of aliphatic hydroxyl groups is 1. The van der Waals surface area contributed by atoms with Crippen molar-refractivity contribution in [2.24, 2.45) is 0 Å². The smallest absolute Gasteiger partial charge is 0.338 e. The molecule has 57 heavy (non-hydrogen) atoms. The average Bonchev–Trinajstić information content (AvgIpc) is 3.25. The van der Waals surface area contributed by atoms with Crippen LogP contribution in [0.2, 0.25) is 0 Å². The highest BCUT2D eigenvalue weighted by Gasteiger charge is 2.53. The molecule has 290 valence electrons. The van der Waals surface area contributed by atoms with Crippen molar-refractivity contribution in [1.29, 1.82) is 0 Å². The fourth-order valence-corrected chi connectivity index (χ4v) is 7.93. The van der Waals surface area contributed by atoms with Gasteiger partial charge in [0, 0.05) is 0 Å². The monoisotopic (exact) mass is 784 g/mol. The van der Waals surface area contributed by atoms with Gasteiger partial charge in [-0.2, -0.15) is 8.42 Å². The minimum absolute atomic E-state index is 0.121. The van der Waals surface area contributed by atoms with E-state index in [2.05, 4.69) is 0 Å². The number of ether oxygens (including phenoxy) is 4. The fourth-order valence-electron chi connectivity index (χ4n) is 6.82. The van der Waals surface area contributed by atoms with E-state index in [-0.39, 0.29) is 16.0 Å². The summed E-state index contributed by atoms with van der Waals surface area (Å²) in [5, 5.41) is 11.7. The Bertz CT molecular complexity index is 2250. The van der Waals surface area contributed by atoms with Crippen molar-refractivity contribution in [2.45, 2.75) is 48.1 Å². The zero-order valence-electron chi connectivity index (χ0n) is 30.9. The number of aliphatic hydroxyl groups excluding tert-OH is 1. The van der Waals surface area contributed by atoms with Crippen molar-refractivity contribution in [3.8, 4) is 0 Å². The topological polar surface area (TPSA) is 135 Å². The van der Waals surface area contributed by atoms with Gasteiger partial charge >= 0.3 is 11.9 Å². The standard InChI is InChI=1S/C46H40O10S/c1-32-27-29-38(30-28-32)57(50,51)56-40-39(31-52-46(35-21-11-4-12-22-35,36-23-13-5-14-24-36)37-25-15-6-16-26-37)53-45(49)42(55-44(48)34-19-9-3-10-20-34)41(40)54-43(47)33-17-7-2-8-18-33/h2-30,39-42,45,49H,31H2,1H3/t39-,40-,41+,42-,45+/m1/s1. The highest BCUT2D eigenvalue weighted by molar-refractivity contribution is 7.86. The van der Waals surface area contributed by atoms with Crippen LogP contribution in [0.15, 0.2) is 181 Å². The third-order valence-corrected chi connectivity index (χ3v) is 11.0. The summed E-state index contributed by atoms with van der Waals surface area (Å²) in [4.78, 5) is 27.1. The molecule has 0 spiro atoms. The van der Waals surface area contributed by atoms with Crippen LogP contribution in [0.5, 0.6) is 0 Å². The van der Waals surface area contributed by atoms with Gasteiger partial charge in [-0.15, -0.1) is 0 Å². The van der Waals surface area contributed by atoms with Gasteiger partial charge in [0.1, 0.15) is 17.8 Å². The Hall–Kier alpha value is -5.95. The van der Waals surface area contributed by atoms with E-state index in [1.54, 1.807) is 48.5 Å². The maximum Gasteiger partial charge on any atom is 0.338 e. The molecule has 1 aliphatic heterocycles. The third kappa shape index (κ3) is 8.73. The second kappa shape index (κ2) is 17.5. The van der Waals surface area contributed by atoms with Gasteiger partial charge < -0.3 is 24.1 Å². The van der Waals surface area contributed by atoms with E-state index in [1.807, 2.05) is 97.9 Å². The van der Waals surface area contributed by atoms with E-state index in [0.717, 1.165) is 22.3 Å². The number of carbonyl (C=O) groups excluding carboxylic acids is 2. The van der Waals surface area contributed by atoms with Crippen molar-refractivity contribution < 1.29 is 46.2 Å². The van der Waals surface area contributed by atoms with Crippen LogP contribution >= 0.6 is 0 Å². The molecule has 1 N–H and O–H groups in total. The van der Waals surface area contributed by atoms with Crippen molar-refractivity contribution in [3.63, 3.8) is 0 Å². The molecule has 1 fully saturated rings. The summed E-state index contributed by atoms with van der Waals surface area (Å²) in [7, 11) is -4.62. The van der Waals surface area contributed by atoms with E-state index >= 15 is 0 Å². The molecule has 6 aromatic carbocycles. The zero-order chi connectivity index (χ0) is 39.8. The lowest BCUT2D eigenvalue weighted by atomic mass is 9.80. The summed E-state index contributed by atoms with van der Waals surface area (Å²) in [6, 6.07) is 50.4. The minimum atomic E-state index is -4.62. The number of hydrogen-bond acceptors (Lipinski definition) is 10. The molecule has 0 amide bonds. The molecule has 1 saturated heterocycles. The molecule has 6 aromatic rings. The summed E-state index contributed by atoms with van der Waals surface area (Å²) in [6.07, 6.45) is -8.57. The van der Waals surface area contributed by atoms with Crippen molar-refractivity contribution in [2.75, 3.05) is 6.61 Å². The van der Waals surface area contributed by atoms with E-state index in [9.17, 15) is 23.1 Å². The van der Waals surface area contributed by atoms with Crippen LogP contribution in [0, 0.1) is 6.92 Å². The predicted molar refractivity (Wildman–Crippen MR) is 211 cm³/mol. The van der Waals surface area contributed by atoms with E-state index in [0.29, 0.717) is 0 Å². The first kappa shape index (κ1) is 39.3. The van der Waals surface area contributed by atoms with Gasteiger partial charge in [0.2, 0.25) is 0 Å². The Morgan fingerprint density at radius 2 is 0.982 bits per heavy atom. The van der Waals surface area contributed by atoms with Gasteiger partial charge in [-0.05, 0) is 60.0 Å². The molecule has 10 nitrogen and oxygen atoms in total. The molecule has 1 aliphatic rings. The largest absolute Gasteiger partial charge is 0.452 e. The number of hydrogen-bond donors (Lipinski definition) is 1. The van der Waals surface area contributed by atoms with E-state index in [4.69, 9.17) is 23.1 Å². The molecule has 7 rings (SSSR count). The lowest BCUT2D eigenvalue weighted by molar-refractivity contribution is -0.285. The number of esters is 2. The molecule has 5 atom stereocenters. The first-order valence-electron chi connectivity index (χ1n) is 18.3. The van der Waals surface area contributed by atoms with Crippen LogP contribution in [-0.4, -0.2) is 62.8 Å². The molecule has 0 aliphatic carbocycles. The SMILES string of the molecule is Cc1ccc(S(=O)(=O)O[C@H]2[C@H](OC(=O)c3ccccc3)[C@@H](OC(=O)c3ccccc3)[C@@H](O)O[C@@H]2COC(c2ccccc2)(c2ccccc2)c2ccccc2)cc1. The summed E-state index contributed by atoms with van der Waals surface area (Å²) in [5.41, 5.74) is 1.99. The second-order valence-corrected chi connectivity index (χ2v) is 15.0. The lowest BCUT2D eigenvalue weighted by Gasteiger charge is -2.44. The molecule has 0 unspecified atom stereocenters. The Kier molecular flexibility index (Phi) is 12.0. The van der Waals surface area contributed by atoms with Gasteiger partial charge in [0.25, 0.3) is 10.1 Å². The van der Waals surface area contributed by atoms with Crippen molar-refractivity contribution in [3.05, 3.63) is 209 Å². The molecule has 1 heterocycles. The van der Waals surface area contributed by atoms with Crippen LogP contribution in [0.4, 0.5) is 0 Å². The lowest BCUT2D eigenvalue weighted by Crippen LogP contribution is -2.62. The molecule has 11 heteroatoms. The Labute approximate surface area is 331 Å². The minimum Gasteiger partial charge on any atom is -0.452 e. The van der Waals surface area contributed by atoms with Gasteiger partial charge in [-0.25, -0.2) is 9.59 Å². The maximum absolute atomic E-state index is 14.1. The van der Waals surface area contributed by atoms with Gasteiger partial charge in [-0.3, -0.25) is 4.18 Å². The molecule has 0 aromatic heterocycles. The average molecular weight is 785 g/mol. The van der Waals surface area contributed by atoms with Crippen LogP contribution in [0.1, 0.15) is 43.0 Å². The normalized spacial score (nSPS) is 19.6. The van der Waals surface area contributed by atoms with E-state index in [1.165, 1.54) is 36.4 Å². The Balaban J connectivity index is 1.34. The van der Waals surface area contributed by atoms with Crippen LogP contribution in [0.25, 0.3) is 0 Å². The first-order valence-corrected chi connectivity index (χ1v) is 19.7. The van der Waals surface area contributed by atoms with Gasteiger partial charge in [0.05, 0.1) is 22.6 Å². The molecular formula is C46H40O10S. The highest BCUT2D eigenvalue weighted by atomic mass is 32.2. The number of aryl methyl sites for hydroxylation is 1. The predicted octanol–water partition coefficient (Wildman–Crippen LogP) is 7.25. The van der Waals surface area contributed by atoms with Crippen LogP contribution < -0.4 is 0 Å². The maximum atomic E-state index is 14.1. The fraction of sp³-hybridized carbons (Fsp3) is 0.174. The second-order valence-electron chi connectivity index (χ2n) is 13.5. The number of carbonyl (C=O) groups is 2. The zero-order valence-corrected chi connectivity index (χ0v) is 31.7. The Morgan fingerprint density at radius 1 is 0.579 bits per heavy atom. The molecule has 0 bridgehead atoms. The first-order chi connectivity index (χ1) is 27.7. The van der Waals surface area contributed by atoms with Crippen molar-refractivity contribution in [1.82, 2.24) is 0 Å². The third-order valence-electron chi connectivity index (χ3n) is 9.67. The number of benzene rings is 6. The summed E-state index contributed by atoms with van der Waals surface area (Å²) < 4.78 is 59.2. The molecule has 0 saturated carbocycles. The molecule has 0 radical (unpaired) electrons. The van der Waals surface area contributed by atoms with Gasteiger partial charge in [0.15, 0.2) is 18.5 Å². The summed E-state index contributed by atoms with van der Waals surface area (Å²) in [6.45, 7) is 1.40. The quantitative estimate of drug-likeness (QED) is 0.0726. The van der Waals surface area contributed by atoms with Crippen molar-refractivity contribution >= 4 is 22.1 Å². The summed E-state index contributed by atoms with van der Waals surface area (Å²) >= 11 is 0. The Morgan fingerprint density at radius 3 is 1.42 bits per heavy atom. The summed E-state index contributed by atoms with van der Waals surface area (Å²) in [5.74, 6) is -1.77. The van der Waals surface area contributed by atoms with Crippen LogP contribution in [-0.2, 0) is 38.8 Å². The number of rotatable bonds is 13. The highest BCUT2D eigenvalue weighted by Crippen LogP contribution is 2.42. The van der Waals surface area contributed by atoms with E-state index < -0.39 is 65.0 Å².